The van der Waals surface area contributed by atoms with E-state index in [1.54, 1.807) is 6.92 Å². The van der Waals surface area contributed by atoms with Crippen LogP contribution in [0.3, 0.4) is 0 Å². The van der Waals surface area contributed by atoms with Crippen LogP contribution in [0.15, 0.2) is 12.2 Å². The van der Waals surface area contributed by atoms with E-state index in [0.29, 0.717) is 25.4 Å². The van der Waals surface area contributed by atoms with Crippen LogP contribution in [0.5, 0.6) is 0 Å². The third-order valence-corrected chi connectivity index (χ3v) is 6.40. The number of ether oxygens (including phenoxy) is 3. The van der Waals surface area contributed by atoms with Crippen LogP contribution >= 0.6 is 7.80 Å². The van der Waals surface area contributed by atoms with Crippen molar-refractivity contribution in [3.8, 4) is 0 Å². The average Bonchev–Trinajstić information content (AvgIpc) is 2.72. The first kappa shape index (κ1) is 29.4. The molecule has 0 saturated heterocycles. The fraction of sp³-hybridized carbons (Fsp3) is 0.875. The second kappa shape index (κ2) is 19.1. The molecule has 0 spiro atoms. The first-order valence-electron chi connectivity index (χ1n) is 12.0. The molecule has 0 heterocycles. The van der Waals surface area contributed by atoms with E-state index < -0.39 is 19.3 Å². The average molecular weight is 446 g/mol. The molecule has 0 rings (SSSR count). The molecule has 0 aromatic rings. The number of unbranched alkanes of at least 4 members (excludes halogenated alkanes) is 9. The minimum absolute atomic E-state index is 0.0800. The first-order chi connectivity index (χ1) is 14.4. The van der Waals surface area contributed by atoms with Crippen molar-refractivity contribution in [2.75, 3.05) is 26.0 Å². The summed E-state index contributed by atoms with van der Waals surface area (Å²) in [6.45, 7) is 13.1. The molecule has 0 N–H and O–H groups in total. The van der Waals surface area contributed by atoms with Gasteiger partial charge in [0.15, 0.2) is 0 Å². The number of hydrogen-bond donors (Lipinski definition) is 0. The minimum Gasteiger partial charge on any atom is -0.324 e. The summed E-state index contributed by atoms with van der Waals surface area (Å²) in [5.74, 6) is -1.41. The molecule has 0 saturated carbocycles. The van der Waals surface area contributed by atoms with Gasteiger partial charge in [0, 0.05) is 5.57 Å². The Morgan fingerprint density at radius 1 is 0.733 bits per heavy atom. The van der Waals surface area contributed by atoms with Gasteiger partial charge < -0.3 is 14.2 Å². The van der Waals surface area contributed by atoms with Gasteiger partial charge >= 0.3 is 19.3 Å². The lowest BCUT2D eigenvalue weighted by molar-refractivity contribution is -0.367. The molecular weight excluding hydrogens is 399 g/mol. The molecule has 0 aliphatic carbocycles. The SMILES string of the molecule is C=C(C)C(=O)[P+](=O)CC(OCCCCCC)(OCCCCCC)OCCCCCC. The van der Waals surface area contributed by atoms with Gasteiger partial charge in [-0.05, 0) is 26.2 Å². The van der Waals surface area contributed by atoms with E-state index in [1.807, 2.05) is 0 Å². The standard InChI is InChI=1S/C24H46O5P/c1-6-9-12-15-18-27-24(28-19-16-13-10-7-2,29-20-17-14-11-8-3)21-30(26)23(25)22(4)5/h4,6-21H2,1-3,5H3/q+1. The lowest BCUT2D eigenvalue weighted by Crippen LogP contribution is -2.43. The Balaban J connectivity index is 5.15. The highest BCUT2D eigenvalue weighted by Gasteiger charge is 2.46. The van der Waals surface area contributed by atoms with Crippen molar-refractivity contribution < 1.29 is 23.6 Å². The van der Waals surface area contributed by atoms with Crippen LogP contribution in [0.25, 0.3) is 0 Å². The molecule has 0 radical (unpaired) electrons. The van der Waals surface area contributed by atoms with Gasteiger partial charge in [-0.25, -0.2) is 4.79 Å². The van der Waals surface area contributed by atoms with Gasteiger partial charge in [-0.1, -0.05) is 89.7 Å². The van der Waals surface area contributed by atoms with Crippen molar-refractivity contribution in [2.24, 2.45) is 0 Å². The van der Waals surface area contributed by atoms with E-state index in [2.05, 4.69) is 27.4 Å². The first-order valence-corrected chi connectivity index (χ1v) is 13.4. The van der Waals surface area contributed by atoms with Crippen LogP contribution in [0.4, 0.5) is 0 Å². The second-order valence-electron chi connectivity index (χ2n) is 8.03. The van der Waals surface area contributed by atoms with Crippen molar-refractivity contribution >= 4 is 13.3 Å². The number of hydrogen-bond acceptors (Lipinski definition) is 5. The predicted molar refractivity (Wildman–Crippen MR) is 125 cm³/mol. The van der Waals surface area contributed by atoms with E-state index >= 15 is 0 Å². The van der Waals surface area contributed by atoms with Gasteiger partial charge in [-0.2, -0.15) is 0 Å². The summed E-state index contributed by atoms with van der Waals surface area (Å²) in [5.41, 5.74) is -0.146. The van der Waals surface area contributed by atoms with Crippen LogP contribution in [0, 0.1) is 0 Å². The van der Waals surface area contributed by atoms with E-state index in [1.165, 1.54) is 0 Å². The zero-order valence-corrected chi connectivity index (χ0v) is 20.9. The maximum Gasteiger partial charge on any atom is 0.428 e. The Bertz CT molecular complexity index is 442. The molecule has 0 aromatic heterocycles. The van der Waals surface area contributed by atoms with Crippen LogP contribution < -0.4 is 0 Å². The van der Waals surface area contributed by atoms with E-state index in [0.717, 1.165) is 77.0 Å². The highest BCUT2D eigenvalue weighted by atomic mass is 31.1. The summed E-state index contributed by atoms with van der Waals surface area (Å²) in [6.07, 6.45) is 12.7. The third-order valence-electron chi connectivity index (χ3n) is 4.89. The molecule has 0 amide bonds. The Morgan fingerprint density at radius 3 is 1.40 bits per heavy atom. The molecule has 1 unspecified atom stereocenters. The largest absolute Gasteiger partial charge is 0.428 e. The fourth-order valence-electron chi connectivity index (χ4n) is 2.99. The molecular formula is C24H46O5P+. The lowest BCUT2D eigenvalue weighted by atomic mass is 10.2. The zero-order chi connectivity index (χ0) is 22.7. The highest BCUT2D eigenvalue weighted by molar-refractivity contribution is 7.64. The molecule has 6 heteroatoms. The molecule has 30 heavy (non-hydrogen) atoms. The Hall–Kier alpha value is -0.610. The van der Waals surface area contributed by atoms with Gasteiger partial charge in [-0.3, -0.25) is 0 Å². The molecule has 0 aliphatic heterocycles. The van der Waals surface area contributed by atoms with Crippen molar-refractivity contribution in [2.45, 2.75) is 111 Å². The van der Waals surface area contributed by atoms with Crippen molar-refractivity contribution in [3.63, 3.8) is 0 Å². The van der Waals surface area contributed by atoms with Gasteiger partial charge in [0.1, 0.15) is 0 Å². The van der Waals surface area contributed by atoms with Crippen molar-refractivity contribution in [3.05, 3.63) is 12.2 Å². The number of rotatable bonds is 22. The third kappa shape index (κ3) is 14.4. The lowest BCUT2D eigenvalue weighted by Gasteiger charge is -2.30. The molecule has 176 valence electrons. The van der Waals surface area contributed by atoms with E-state index in [9.17, 15) is 9.36 Å². The van der Waals surface area contributed by atoms with Crippen LogP contribution in [0.1, 0.15) is 105 Å². The predicted octanol–water partition coefficient (Wildman–Crippen LogP) is 7.36. The Labute approximate surface area is 186 Å². The number of allylic oxidation sites excluding steroid dienone is 1. The zero-order valence-electron chi connectivity index (χ0n) is 20.0. The van der Waals surface area contributed by atoms with E-state index in [4.69, 9.17) is 14.2 Å². The minimum atomic E-state index is -2.22. The summed E-state index contributed by atoms with van der Waals surface area (Å²) in [4.78, 5) is 12.2. The topological polar surface area (TPSA) is 61.8 Å². The van der Waals surface area contributed by atoms with E-state index in [-0.39, 0.29) is 6.16 Å². The normalized spacial score (nSPS) is 12.2. The summed E-state index contributed by atoms with van der Waals surface area (Å²) in [7, 11) is -2.22. The monoisotopic (exact) mass is 445 g/mol. The molecule has 5 nitrogen and oxygen atoms in total. The number of carbonyl (C=O) groups is 1. The van der Waals surface area contributed by atoms with Gasteiger partial charge in [-0.15, -0.1) is 0 Å². The summed E-state index contributed by atoms with van der Waals surface area (Å²) in [6, 6.07) is 0. The van der Waals surface area contributed by atoms with Crippen LogP contribution in [0.2, 0.25) is 0 Å². The Morgan fingerprint density at radius 2 is 1.10 bits per heavy atom. The van der Waals surface area contributed by atoms with Gasteiger partial charge in [0.05, 0.1) is 19.8 Å². The summed E-state index contributed by atoms with van der Waals surface area (Å²) in [5, 5.41) is 0. The smallest absolute Gasteiger partial charge is 0.324 e. The highest BCUT2D eigenvalue weighted by Crippen LogP contribution is 2.34. The molecule has 0 fully saturated rings. The molecule has 0 bridgehead atoms. The Kier molecular flexibility index (Phi) is 18.7. The van der Waals surface area contributed by atoms with Gasteiger partial charge in [0.25, 0.3) is 0 Å². The second-order valence-corrected chi connectivity index (χ2v) is 9.51. The number of carbonyl (C=O) groups excluding carboxylic acids is 1. The van der Waals surface area contributed by atoms with Crippen LogP contribution in [-0.4, -0.2) is 37.5 Å². The quantitative estimate of drug-likeness (QED) is 0.0754. The van der Waals surface area contributed by atoms with Gasteiger partial charge in [0.2, 0.25) is 6.16 Å². The molecule has 1 atom stereocenters. The fourth-order valence-corrected chi connectivity index (χ4v) is 4.19. The maximum atomic E-state index is 12.7. The van der Waals surface area contributed by atoms with Crippen LogP contribution in [-0.2, 0) is 23.6 Å². The maximum absolute atomic E-state index is 12.7. The summed E-state index contributed by atoms with van der Waals surface area (Å²) >= 11 is 0. The summed E-state index contributed by atoms with van der Waals surface area (Å²) < 4.78 is 30.9. The molecule has 0 aliphatic rings. The molecule has 0 aromatic carbocycles. The van der Waals surface area contributed by atoms with Crippen molar-refractivity contribution in [1.29, 1.82) is 0 Å². The van der Waals surface area contributed by atoms with Crippen molar-refractivity contribution in [1.82, 2.24) is 0 Å².